The Labute approximate surface area is 140 Å². The van der Waals surface area contributed by atoms with Crippen molar-refractivity contribution in [3.05, 3.63) is 65.2 Å². The summed E-state index contributed by atoms with van der Waals surface area (Å²) in [6.07, 6.45) is 0.982. The van der Waals surface area contributed by atoms with Crippen LogP contribution >= 0.6 is 22.6 Å². The third kappa shape index (κ3) is 4.30. The summed E-state index contributed by atoms with van der Waals surface area (Å²) >= 11 is 2.41. The van der Waals surface area contributed by atoms with Gasteiger partial charge in [0.25, 0.3) is 5.91 Å². The molecule has 3 heteroatoms. The van der Waals surface area contributed by atoms with E-state index in [1.165, 1.54) is 5.56 Å². The normalized spacial score (nSPS) is 12.0. The van der Waals surface area contributed by atoms with Crippen molar-refractivity contribution < 1.29 is 4.79 Å². The number of anilines is 1. The zero-order valence-corrected chi connectivity index (χ0v) is 14.8. The van der Waals surface area contributed by atoms with E-state index in [0.29, 0.717) is 3.92 Å². The van der Waals surface area contributed by atoms with Crippen LogP contribution in [0.5, 0.6) is 0 Å². The number of halogens is 1. The second kappa shape index (κ2) is 7.07. The fraction of sp³-hybridized carbons (Fsp3) is 0.278. The van der Waals surface area contributed by atoms with Crippen molar-refractivity contribution >= 4 is 34.2 Å². The van der Waals surface area contributed by atoms with Crippen molar-refractivity contribution in [2.45, 2.75) is 24.2 Å². The van der Waals surface area contributed by atoms with Crippen LogP contribution in [0.25, 0.3) is 0 Å². The predicted molar refractivity (Wildman–Crippen MR) is 97.5 cm³/mol. The molecule has 0 aliphatic carbocycles. The van der Waals surface area contributed by atoms with E-state index < -0.39 is 0 Å². The second-order valence-corrected chi connectivity index (χ2v) is 7.51. The number of amides is 1. The molecule has 0 heterocycles. The first kappa shape index (κ1) is 16.0. The molecule has 0 fully saturated rings. The Morgan fingerprint density at radius 3 is 2.57 bits per heavy atom. The molecule has 0 spiro atoms. The second-order valence-electron chi connectivity index (χ2n) is 5.39. The summed E-state index contributed by atoms with van der Waals surface area (Å²) in [6, 6.07) is 15.9. The van der Waals surface area contributed by atoms with Gasteiger partial charge >= 0.3 is 0 Å². The molecule has 0 saturated heterocycles. The van der Waals surface area contributed by atoms with Crippen molar-refractivity contribution in [2.75, 3.05) is 11.9 Å². The van der Waals surface area contributed by atoms with Gasteiger partial charge in [0.15, 0.2) is 0 Å². The molecule has 110 valence electrons. The Balaban J connectivity index is 2.23. The number of benzene rings is 2. The average molecular weight is 393 g/mol. The maximum atomic E-state index is 12.6. The molecular formula is C18H20INO. The zero-order valence-electron chi connectivity index (χ0n) is 12.6. The van der Waals surface area contributed by atoms with Gasteiger partial charge in [0.05, 0.1) is 0 Å². The van der Waals surface area contributed by atoms with Crippen LogP contribution in [0.2, 0.25) is 0 Å². The topological polar surface area (TPSA) is 20.3 Å². The van der Waals surface area contributed by atoms with E-state index in [1.54, 1.807) is 4.90 Å². The molecule has 2 nitrogen and oxygen atoms in total. The molecule has 21 heavy (non-hydrogen) atoms. The Bertz CT molecular complexity index is 637. The Kier molecular flexibility index (Phi) is 5.39. The molecule has 0 saturated carbocycles. The maximum Gasteiger partial charge on any atom is 0.258 e. The SMILES string of the molecule is Cc1cccc(N(C)C(=O)c2cccc(CC(C)I)c2)c1. The molecule has 1 atom stereocenters. The Morgan fingerprint density at radius 1 is 1.19 bits per heavy atom. The highest BCUT2D eigenvalue weighted by atomic mass is 127. The van der Waals surface area contributed by atoms with E-state index in [0.717, 1.165) is 23.2 Å². The molecular weight excluding hydrogens is 373 g/mol. The van der Waals surface area contributed by atoms with E-state index in [4.69, 9.17) is 0 Å². The van der Waals surface area contributed by atoms with Crippen LogP contribution in [0.4, 0.5) is 5.69 Å². The van der Waals surface area contributed by atoms with Crippen molar-refractivity contribution in [2.24, 2.45) is 0 Å². The number of aryl methyl sites for hydroxylation is 1. The zero-order chi connectivity index (χ0) is 15.4. The lowest BCUT2D eigenvalue weighted by Crippen LogP contribution is -2.26. The number of hydrogen-bond donors (Lipinski definition) is 0. The number of alkyl halides is 1. The van der Waals surface area contributed by atoms with Gasteiger partial charge in [0, 0.05) is 22.2 Å². The monoisotopic (exact) mass is 393 g/mol. The lowest BCUT2D eigenvalue weighted by molar-refractivity contribution is 0.0993. The first-order valence-electron chi connectivity index (χ1n) is 7.05. The summed E-state index contributed by atoms with van der Waals surface area (Å²) in [7, 11) is 1.82. The minimum Gasteiger partial charge on any atom is -0.311 e. The molecule has 0 N–H and O–H groups in total. The highest BCUT2D eigenvalue weighted by Gasteiger charge is 2.14. The van der Waals surface area contributed by atoms with Gasteiger partial charge in [-0.2, -0.15) is 0 Å². The number of rotatable bonds is 4. The quantitative estimate of drug-likeness (QED) is 0.548. The molecule has 0 aliphatic rings. The molecule has 0 aliphatic heterocycles. The summed E-state index contributed by atoms with van der Waals surface area (Å²) in [5, 5.41) is 0. The van der Waals surface area contributed by atoms with Gasteiger partial charge in [-0.05, 0) is 48.7 Å². The molecule has 2 rings (SSSR count). The minimum absolute atomic E-state index is 0.0311. The fourth-order valence-corrected chi connectivity index (χ4v) is 2.81. The summed E-state index contributed by atoms with van der Waals surface area (Å²) < 4.78 is 0.558. The van der Waals surface area contributed by atoms with Crippen LogP contribution in [-0.2, 0) is 6.42 Å². The molecule has 2 aromatic carbocycles. The van der Waals surface area contributed by atoms with Crippen LogP contribution in [-0.4, -0.2) is 16.9 Å². The highest BCUT2D eigenvalue weighted by Crippen LogP contribution is 2.18. The van der Waals surface area contributed by atoms with Gasteiger partial charge in [-0.1, -0.05) is 53.8 Å². The molecule has 0 bridgehead atoms. The number of carbonyl (C=O) groups is 1. The van der Waals surface area contributed by atoms with Gasteiger partial charge < -0.3 is 4.90 Å². The van der Waals surface area contributed by atoms with Crippen LogP contribution in [0.15, 0.2) is 48.5 Å². The van der Waals surface area contributed by atoms with Gasteiger partial charge in [-0.15, -0.1) is 0 Å². The van der Waals surface area contributed by atoms with Crippen molar-refractivity contribution in [3.8, 4) is 0 Å². The van der Waals surface area contributed by atoms with E-state index in [9.17, 15) is 4.79 Å². The van der Waals surface area contributed by atoms with Crippen molar-refractivity contribution in [1.29, 1.82) is 0 Å². The first-order valence-corrected chi connectivity index (χ1v) is 8.29. The lowest BCUT2D eigenvalue weighted by atomic mass is 10.1. The Hall–Kier alpha value is -1.36. The summed E-state index contributed by atoms with van der Waals surface area (Å²) in [5.41, 5.74) is 4.03. The number of nitrogens with zero attached hydrogens (tertiary/aromatic N) is 1. The van der Waals surface area contributed by atoms with E-state index in [2.05, 4.69) is 35.6 Å². The molecule has 1 unspecified atom stereocenters. The standard InChI is InChI=1S/C18H20INO/c1-13-6-4-9-17(10-13)20(3)18(21)16-8-5-7-15(12-16)11-14(2)19/h4-10,12,14H,11H2,1-3H3. The largest absolute Gasteiger partial charge is 0.311 e. The molecule has 0 aromatic heterocycles. The molecule has 1 amide bonds. The van der Waals surface area contributed by atoms with Crippen LogP contribution in [0.1, 0.15) is 28.4 Å². The minimum atomic E-state index is 0.0311. The van der Waals surface area contributed by atoms with Crippen molar-refractivity contribution in [3.63, 3.8) is 0 Å². The van der Waals surface area contributed by atoms with Crippen LogP contribution in [0, 0.1) is 6.92 Å². The first-order chi connectivity index (χ1) is 9.97. The number of hydrogen-bond acceptors (Lipinski definition) is 1. The lowest BCUT2D eigenvalue weighted by Gasteiger charge is -2.18. The summed E-state index contributed by atoms with van der Waals surface area (Å²) in [5.74, 6) is 0.0311. The molecule has 2 aromatic rings. The summed E-state index contributed by atoms with van der Waals surface area (Å²) in [6.45, 7) is 4.21. The number of carbonyl (C=O) groups excluding carboxylic acids is 1. The van der Waals surface area contributed by atoms with Crippen LogP contribution in [0.3, 0.4) is 0 Å². The smallest absolute Gasteiger partial charge is 0.258 e. The van der Waals surface area contributed by atoms with E-state index in [1.807, 2.05) is 56.4 Å². The third-order valence-electron chi connectivity index (χ3n) is 3.38. The third-order valence-corrected chi connectivity index (χ3v) is 3.82. The van der Waals surface area contributed by atoms with E-state index in [-0.39, 0.29) is 5.91 Å². The van der Waals surface area contributed by atoms with Gasteiger partial charge in [0.2, 0.25) is 0 Å². The van der Waals surface area contributed by atoms with Crippen LogP contribution < -0.4 is 4.90 Å². The van der Waals surface area contributed by atoms with E-state index >= 15 is 0 Å². The summed E-state index contributed by atoms with van der Waals surface area (Å²) in [4.78, 5) is 14.3. The average Bonchev–Trinajstić information content (AvgIpc) is 2.45. The predicted octanol–water partition coefficient (Wildman–Crippen LogP) is 4.64. The Morgan fingerprint density at radius 2 is 1.90 bits per heavy atom. The van der Waals surface area contributed by atoms with Gasteiger partial charge in [-0.25, -0.2) is 0 Å². The maximum absolute atomic E-state index is 12.6. The fourth-order valence-electron chi connectivity index (χ4n) is 2.30. The highest BCUT2D eigenvalue weighted by molar-refractivity contribution is 14.1. The van der Waals surface area contributed by atoms with Gasteiger partial charge in [-0.3, -0.25) is 4.79 Å². The van der Waals surface area contributed by atoms with Crippen molar-refractivity contribution in [1.82, 2.24) is 0 Å². The molecule has 0 radical (unpaired) electrons. The van der Waals surface area contributed by atoms with Gasteiger partial charge in [0.1, 0.15) is 0 Å².